The number of aryl methyl sites for hydroxylation is 1. The molecule has 1 unspecified atom stereocenters. The van der Waals surface area contributed by atoms with E-state index in [0.29, 0.717) is 6.42 Å². The van der Waals surface area contributed by atoms with Crippen LogP contribution < -0.4 is 0 Å². The quantitative estimate of drug-likeness (QED) is 0.455. The first kappa shape index (κ1) is 17.8. The van der Waals surface area contributed by atoms with Crippen molar-refractivity contribution in [3.63, 3.8) is 0 Å². The standard InChI is InChI=1S/C22H18N8/c1-28-14-17(12-25-28)19-11-21-24-9-10-29(21)22(27-19)18-13-26-30(15-18)20(7-8-23)16-5-3-2-4-6-16/h2-6,9-15,20H,7H2,1H3. The first-order chi connectivity index (χ1) is 14.7. The second-order valence-corrected chi connectivity index (χ2v) is 7.02. The molecule has 4 aromatic heterocycles. The number of hydrogen-bond donors (Lipinski definition) is 0. The lowest BCUT2D eigenvalue weighted by atomic mass is 10.0. The predicted molar refractivity (Wildman–Crippen MR) is 111 cm³/mol. The van der Waals surface area contributed by atoms with E-state index < -0.39 is 0 Å². The fraction of sp³-hybridized carbons (Fsp3) is 0.136. The molecule has 0 bridgehead atoms. The molecule has 8 heteroatoms. The molecule has 0 spiro atoms. The number of hydrogen-bond acceptors (Lipinski definition) is 5. The third-order valence-corrected chi connectivity index (χ3v) is 5.04. The summed E-state index contributed by atoms with van der Waals surface area (Å²) in [5.41, 5.74) is 4.40. The molecule has 1 atom stereocenters. The summed E-state index contributed by atoms with van der Waals surface area (Å²) in [6.07, 6.45) is 11.4. The molecule has 0 aliphatic heterocycles. The van der Waals surface area contributed by atoms with Crippen molar-refractivity contribution in [1.29, 1.82) is 5.26 Å². The van der Waals surface area contributed by atoms with Gasteiger partial charge in [-0.2, -0.15) is 15.5 Å². The van der Waals surface area contributed by atoms with Gasteiger partial charge < -0.3 is 0 Å². The van der Waals surface area contributed by atoms with Crippen molar-refractivity contribution in [2.45, 2.75) is 12.5 Å². The van der Waals surface area contributed by atoms with Crippen LogP contribution in [-0.4, -0.2) is 33.9 Å². The monoisotopic (exact) mass is 394 g/mol. The average Bonchev–Trinajstić information content (AvgIpc) is 3.52. The van der Waals surface area contributed by atoms with E-state index >= 15 is 0 Å². The van der Waals surface area contributed by atoms with Crippen LogP contribution in [0.1, 0.15) is 18.0 Å². The molecule has 1 aromatic carbocycles. The van der Waals surface area contributed by atoms with E-state index in [-0.39, 0.29) is 6.04 Å². The van der Waals surface area contributed by atoms with Crippen LogP contribution >= 0.6 is 0 Å². The van der Waals surface area contributed by atoms with Crippen molar-refractivity contribution in [1.82, 2.24) is 33.9 Å². The van der Waals surface area contributed by atoms with E-state index in [9.17, 15) is 5.26 Å². The maximum absolute atomic E-state index is 9.34. The van der Waals surface area contributed by atoms with Gasteiger partial charge in [0.25, 0.3) is 0 Å². The van der Waals surface area contributed by atoms with Gasteiger partial charge in [-0.15, -0.1) is 0 Å². The summed E-state index contributed by atoms with van der Waals surface area (Å²) < 4.78 is 5.51. The Hall–Kier alpha value is -4.25. The van der Waals surface area contributed by atoms with Crippen LogP contribution in [0, 0.1) is 11.3 Å². The smallest absolute Gasteiger partial charge is 0.149 e. The fourth-order valence-electron chi connectivity index (χ4n) is 3.58. The van der Waals surface area contributed by atoms with Crippen LogP contribution in [-0.2, 0) is 7.05 Å². The van der Waals surface area contributed by atoms with E-state index in [1.807, 2.05) is 71.1 Å². The third-order valence-electron chi connectivity index (χ3n) is 5.04. The summed E-state index contributed by atoms with van der Waals surface area (Å²) >= 11 is 0. The van der Waals surface area contributed by atoms with Crippen LogP contribution in [0.5, 0.6) is 0 Å². The van der Waals surface area contributed by atoms with Gasteiger partial charge in [0.15, 0.2) is 0 Å². The van der Waals surface area contributed by atoms with Crippen molar-refractivity contribution >= 4 is 5.65 Å². The molecule has 0 saturated heterocycles. The largest absolute Gasteiger partial charge is 0.284 e. The number of fused-ring (bicyclic) bond motifs is 1. The Morgan fingerprint density at radius 2 is 1.90 bits per heavy atom. The Labute approximate surface area is 172 Å². The summed E-state index contributed by atoms with van der Waals surface area (Å²) in [7, 11) is 1.88. The lowest BCUT2D eigenvalue weighted by Crippen LogP contribution is -2.10. The molecule has 146 valence electrons. The minimum Gasteiger partial charge on any atom is -0.284 e. The van der Waals surface area contributed by atoms with Gasteiger partial charge in [-0.05, 0) is 5.56 Å². The van der Waals surface area contributed by atoms with Gasteiger partial charge in [-0.1, -0.05) is 30.3 Å². The molecule has 0 aliphatic carbocycles. The van der Waals surface area contributed by atoms with E-state index in [1.54, 1.807) is 23.3 Å². The van der Waals surface area contributed by atoms with Crippen LogP contribution in [0.15, 0.2) is 73.6 Å². The molecule has 0 aliphatic rings. The SMILES string of the molecule is Cn1cc(-c2cc3nccn3c(-c3cnn(C(CC#N)c4ccccc4)c3)n2)cn1. The molecular weight excluding hydrogens is 376 g/mol. The van der Waals surface area contributed by atoms with Gasteiger partial charge in [-0.3, -0.25) is 13.8 Å². The zero-order chi connectivity index (χ0) is 20.5. The van der Waals surface area contributed by atoms with Gasteiger partial charge >= 0.3 is 0 Å². The van der Waals surface area contributed by atoms with Crippen LogP contribution in [0.3, 0.4) is 0 Å². The Morgan fingerprint density at radius 3 is 2.67 bits per heavy atom. The highest BCUT2D eigenvalue weighted by molar-refractivity contribution is 5.68. The first-order valence-electron chi connectivity index (χ1n) is 9.52. The highest BCUT2D eigenvalue weighted by Gasteiger charge is 2.17. The van der Waals surface area contributed by atoms with Crippen LogP contribution in [0.4, 0.5) is 0 Å². The summed E-state index contributed by atoms with van der Waals surface area (Å²) in [6.45, 7) is 0. The summed E-state index contributed by atoms with van der Waals surface area (Å²) in [4.78, 5) is 9.31. The Balaban J connectivity index is 1.61. The molecule has 4 heterocycles. The lowest BCUT2D eigenvalue weighted by Gasteiger charge is -2.14. The van der Waals surface area contributed by atoms with E-state index in [0.717, 1.165) is 33.9 Å². The zero-order valence-electron chi connectivity index (χ0n) is 16.3. The molecule has 0 radical (unpaired) electrons. The molecule has 5 rings (SSSR count). The van der Waals surface area contributed by atoms with Crippen molar-refractivity contribution in [2.75, 3.05) is 0 Å². The van der Waals surface area contributed by atoms with Crippen molar-refractivity contribution in [3.05, 3.63) is 79.1 Å². The Kier molecular flexibility index (Phi) is 4.33. The van der Waals surface area contributed by atoms with Crippen LogP contribution in [0.25, 0.3) is 28.3 Å². The number of nitrogens with zero attached hydrogens (tertiary/aromatic N) is 8. The van der Waals surface area contributed by atoms with Crippen LogP contribution in [0.2, 0.25) is 0 Å². The predicted octanol–water partition coefficient (Wildman–Crippen LogP) is 3.50. The number of rotatable bonds is 5. The number of benzene rings is 1. The molecule has 5 aromatic rings. The second-order valence-electron chi connectivity index (χ2n) is 7.02. The molecule has 30 heavy (non-hydrogen) atoms. The van der Waals surface area contributed by atoms with Gasteiger partial charge in [0.2, 0.25) is 0 Å². The van der Waals surface area contributed by atoms with Crippen molar-refractivity contribution in [3.8, 4) is 28.7 Å². The Morgan fingerprint density at radius 1 is 1.07 bits per heavy atom. The van der Waals surface area contributed by atoms with E-state index in [2.05, 4.69) is 21.3 Å². The molecule has 0 saturated carbocycles. The fourth-order valence-corrected chi connectivity index (χ4v) is 3.58. The van der Waals surface area contributed by atoms with Gasteiger partial charge in [0.1, 0.15) is 11.5 Å². The first-order valence-corrected chi connectivity index (χ1v) is 9.52. The lowest BCUT2D eigenvalue weighted by molar-refractivity contribution is 0.532. The summed E-state index contributed by atoms with van der Waals surface area (Å²) in [5.74, 6) is 0.735. The third kappa shape index (κ3) is 3.12. The van der Waals surface area contributed by atoms with Gasteiger partial charge in [0, 0.05) is 43.5 Å². The maximum atomic E-state index is 9.34. The second kappa shape index (κ2) is 7.29. The summed E-state index contributed by atoms with van der Waals surface area (Å²) in [5, 5.41) is 18.1. The highest BCUT2D eigenvalue weighted by atomic mass is 15.3. The number of aromatic nitrogens is 7. The minimum atomic E-state index is -0.162. The minimum absolute atomic E-state index is 0.162. The van der Waals surface area contributed by atoms with E-state index in [1.165, 1.54) is 0 Å². The summed E-state index contributed by atoms with van der Waals surface area (Å²) in [6, 6.07) is 14.0. The maximum Gasteiger partial charge on any atom is 0.149 e. The molecule has 8 nitrogen and oxygen atoms in total. The number of nitriles is 1. The molecule has 0 N–H and O–H groups in total. The zero-order valence-corrected chi connectivity index (χ0v) is 16.3. The van der Waals surface area contributed by atoms with Crippen molar-refractivity contribution in [2.24, 2.45) is 7.05 Å². The Bertz CT molecular complexity index is 1350. The average molecular weight is 394 g/mol. The number of imidazole rings is 1. The normalized spacial score (nSPS) is 12.1. The van der Waals surface area contributed by atoms with Gasteiger partial charge in [0.05, 0.1) is 42.2 Å². The van der Waals surface area contributed by atoms with Crippen molar-refractivity contribution < 1.29 is 0 Å². The highest BCUT2D eigenvalue weighted by Crippen LogP contribution is 2.27. The molecule has 0 amide bonds. The topological polar surface area (TPSA) is 89.6 Å². The molecular formula is C22H18N8. The van der Waals surface area contributed by atoms with E-state index in [4.69, 9.17) is 4.98 Å². The molecule has 0 fully saturated rings. The van der Waals surface area contributed by atoms with Gasteiger partial charge in [-0.25, -0.2) is 9.97 Å².